The minimum atomic E-state index is -0.0951. The first-order valence-corrected chi connectivity index (χ1v) is 4.15. The van der Waals surface area contributed by atoms with Gasteiger partial charge in [-0.1, -0.05) is 11.3 Å². The Hall–Kier alpha value is -1.08. The Kier molecular flexibility index (Phi) is 2.44. The second kappa shape index (κ2) is 3.35. The van der Waals surface area contributed by atoms with E-state index in [2.05, 4.69) is 6.07 Å². The molecule has 1 heterocycles. The van der Waals surface area contributed by atoms with Crippen molar-refractivity contribution in [1.82, 2.24) is 4.57 Å². The molecule has 58 valence electrons. The van der Waals surface area contributed by atoms with Crippen LogP contribution in [0.25, 0.3) is 0 Å². The number of hydrogen-bond acceptors (Lipinski definition) is 3. The molecule has 3 nitrogen and oxygen atoms in total. The normalized spacial score (nSPS) is 12.4. The van der Waals surface area contributed by atoms with E-state index in [1.807, 2.05) is 0 Å². The Balaban J connectivity index is 2.74. The van der Waals surface area contributed by atoms with E-state index in [9.17, 15) is 4.79 Å². The van der Waals surface area contributed by atoms with Gasteiger partial charge in [0.25, 0.3) is 0 Å². The number of rotatable bonds is 2. The van der Waals surface area contributed by atoms with Crippen LogP contribution in [-0.4, -0.2) is 4.57 Å². The van der Waals surface area contributed by atoms with Crippen LogP contribution in [0.5, 0.6) is 0 Å². The molecule has 0 aliphatic rings. The van der Waals surface area contributed by atoms with Crippen LogP contribution in [0.4, 0.5) is 0 Å². The summed E-state index contributed by atoms with van der Waals surface area (Å²) in [5, 5.41) is 10.2. The van der Waals surface area contributed by atoms with Gasteiger partial charge in [0, 0.05) is 18.1 Å². The topological polar surface area (TPSA) is 45.8 Å². The van der Waals surface area contributed by atoms with Crippen molar-refractivity contribution in [3.8, 4) is 6.07 Å². The fourth-order valence-electron chi connectivity index (χ4n) is 0.762. The lowest BCUT2D eigenvalue weighted by molar-refractivity contribution is 0.573. The summed E-state index contributed by atoms with van der Waals surface area (Å²) in [4.78, 5) is 10.9. The van der Waals surface area contributed by atoms with Gasteiger partial charge in [0.05, 0.1) is 12.0 Å². The monoisotopic (exact) mass is 168 g/mol. The van der Waals surface area contributed by atoms with Gasteiger partial charge in [0.1, 0.15) is 0 Å². The molecule has 11 heavy (non-hydrogen) atoms. The highest BCUT2D eigenvalue weighted by molar-refractivity contribution is 7.07. The molecule has 0 N–H and O–H groups in total. The Bertz CT molecular complexity index is 320. The molecule has 1 aromatic heterocycles. The van der Waals surface area contributed by atoms with Crippen molar-refractivity contribution in [2.75, 3.05) is 0 Å². The molecule has 1 atom stereocenters. The molecule has 1 unspecified atom stereocenters. The molecule has 0 aliphatic heterocycles. The molecule has 1 rings (SSSR count). The van der Waals surface area contributed by atoms with Crippen molar-refractivity contribution in [3.05, 3.63) is 21.2 Å². The molecule has 0 amide bonds. The predicted octanol–water partition coefficient (Wildman–Crippen LogP) is 1.07. The molecule has 0 aliphatic carbocycles. The maximum absolute atomic E-state index is 10.9. The molecule has 4 heteroatoms. The Labute approximate surface area is 68.5 Å². The zero-order valence-electron chi connectivity index (χ0n) is 6.15. The third-order valence-electron chi connectivity index (χ3n) is 1.34. The molecule has 0 aromatic carbocycles. The Morgan fingerprint density at radius 2 is 2.64 bits per heavy atom. The van der Waals surface area contributed by atoms with Gasteiger partial charge in [-0.05, 0) is 6.92 Å². The molecule has 0 saturated heterocycles. The molecule has 0 radical (unpaired) electrons. The van der Waals surface area contributed by atoms with E-state index in [1.165, 1.54) is 0 Å². The van der Waals surface area contributed by atoms with Crippen molar-refractivity contribution in [2.45, 2.75) is 13.5 Å². The summed E-state index contributed by atoms with van der Waals surface area (Å²) in [5.74, 6) is -0.0951. The first kappa shape index (κ1) is 8.02. The second-order valence-corrected chi connectivity index (χ2v) is 3.21. The number of nitrogens with zero attached hydrogens (tertiary/aromatic N) is 2. The fraction of sp³-hybridized carbons (Fsp3) is 0.429. The van der Waals surface area contributed by atoms with E-state index in [0.29, 0.717) is 6.54 Å². The van der Waals surface area contributed by atoms with Gasteiger partial charge in [-0.25, -0.2) is 0 Å². The lowest BCUT2D eigenvalue weighted by Gasteiger charge is -2.00. The first-order chi connectivity index (χ1) is 5.24. The van der Waals surface area contributed by atoms with Crippen molar-refractivity contribution in [2.24, 2.45) is 5.92 Å². The maximum Gasteiger partial charge on any atom is 0.307 e. The minimum Gasteiger partial charge on any atom is -0.305 e. The zero-order chi connectivity index (χ0) is 8.27. The molecule has 0 saturated carbocycles. The van der Waals surface area contributed by atoms with Crippen molar-refractivity contribution >= 4 is 11.3 Å². The third-order valence-corrected chi connectivity index (χ3v) is 2.03. The van der Waals surface area contributed by atoms with E-state index < -0.39 is 0 Å². The summed E-state index contributed by atoms with van der Waals surface area (Å²) >= 11 is 1.15. The van der Waals surface area contributed by atoms with Crippen LogP contribution in [-0.2, 0) is 6.54 Å². The average Bonchev–Trinajstić information content (AvgIpc) is 2.37. The van der Waals surface area contributed by atoms with Gasteiger partial charge < -0.3 is 4.57 Å². The van der Waals surface area contributed by atoms with Gasteiger partial charge in [0.15, 0.2) is 0 Å². The summed E-state index contributed by atoms with van der Waals surface area (Å²) in [6.07, 6.45) is 1.71. The van der Waals surface area contributed by atoms with E-state index in [1.54, 1.807) is 23.1 Å². The van der Waals surface area contributed by atoms with Gasteiger partial charge in [-0.2, -0.15) is 5.26 Å². The van der Waals surface area contributed by atoms with E-state index in [-0.39, 0.29) is 10.8 Å². The molecular formula is C7H8N2OS. The second-order valence-electron chi connectivity index (χ2n) is 2.35. The van der Waals surface area contributed by atoms with E-state index >= 15 is 0 Å². The summed E-state index contributed by atoms with van der Waals surface area (Å²) < 4.78 is 1.55. The maximum atomic E-state index is 10.9. The molecule has 0 fully saturated rings. The quantitative estimate of drug-likeness (QED) is 0.663. The van der Waals surface area contributed by atoms with Gasteiger partial charge >= 0.3 is 4.87 Å². The lowest BCUT2D eigenvalue weighted by Crippen LogP contribution is -2.15. The fourth-order valence-corrected chi connectivity index (χ4v) is 1.36. The van der Waals surface area contributed by atoms with Crippen LogP contribution in [0.2, 0.25) is 0 Å². The van der Waals surface area contributed by atoms with Crippen LogP contribution in [0.15, 0.2) is 16.4 Å². The molecule has 1 aromatic rings. The van der Waals surface area contributed by atoms with Gasteiger partial charge in [-0.15, -0.1) is 0 Å². The Morgan fingerprint density at radius 1 is 1.91 bits per heavy atom. The van der Waals surface area contributed by atoms with Crippen molar-refractivity contribution in [3.63, 3.8) is 0 Å². The standard InChI is InChI=1S/C7H8N2OS/c1-6(4-8)5-9-2-3-11-7(9)10/h2-3,6H,5H2,1H3. The summed E-state index contributed by atoms with van der Waals surface area (Å²) in [6, 6.07) is 2.08. The smallest absolute Gasteiger partial charge is 0.305 e. The lowest BCUT2D eigenvalue weighted by atomic mass is 10.2. The van der Waals surface area contributed by atoms with Crippen molar-refractivity contribution in [1.29, 1.82) is 5.26 Å². The molecule has 0 bridgehead atoms. The predicted molar refractivity (Wildman–Crippen MR) is 43.4 cm³/mol. The molecule has 0 spiro atoms. The number of aromatic nitrogens is 1. The van der Waals surface area contributed by atoms with Crippen LogP contribution in [0.1, 0.15) is 6.92 Å². The van der Waals surface area contributed by atoms with E-state index in [4.69, 9.17) is 5.26 Å². The third kappa shape index (κ3) is 1.92. The zero-order valence-corrected chi connectivity index (χ0v) is 6.97. The highest BCUT2D eigenvalue weighted by Crippen LogP contribution is 1.97. The summed E-state index contributed by atoms with van der Waals surface area (Å²) in [6.45, 7) is 2.29. The van der Waals surface area contributed by atoms with Crippen LogP contribution in [0.3, 0.4) is 0 Å². The van der Waals surface area contributed by atoms with Gasteiger partial charge in [-0.3, -0.25) is 4.79 Å². The number of thiazole rings is 1. The largest absolute Gasteiger partial charge is 0.307 e. The van der Waals surface area contributed by atoms with Gasteiger partial charge in [0.2, 0.25) is 0 Å². The summed E-state index contributed by atoms with van der Waals surface area (Å²) in [5.41, 5.74) is 0. The van der Waals surface area contributed by atoms with Crippen LogP contribution < -0.4 is 4.87 Å². The first-order valence-electron chi connectivity index (χ1n) is 3.27. The minimum absolute atomic E-state index is 0.00657. The number of hydrogen-bond donors (Lipinski definition) is 0. The SMILES string of the molecule is CC(C#N)Cn1ccsc1=O. The average molecular weight is 168 g/mol. The molecular weight excluding hydrogens is 160 g/mol. The van der Waals surface area contributed by atoms with Crippen molar-refractivity contribution < 1.29 is 0 Å². The van der Waals surface area contributed by atoms with E-state index in [0.717, 1.165) is 11.3 Å². The Morgan fingerprint density at radius 3 is 3.09 bits per heavy atom. The number of nitriles is 1. The summed E-state index contributed by atoms with van der Waals surface area (Å²) in [7, 11) is 0. The highest BCUT2D eigenvalue weighted by Gasteiger charge is 2.02. The van der Waals surface area contributed by atoms with Crippen LogP contribution >= 0.6 is 11.3 Å². The highest BCUT2D eigenvalue weighted by atomic mass is 32.1. The van der Waals surface area contributed by atoms with Crippen LogP contribution in [0, 0.1) is 17.2 Å².